The highest BCUT2D eigenvalue weighted by Crippen LogP contribution is 2.65. The van der Waals surface area contributed by atoms with E-state index >= 15 is 0 Å². The van der Waals surface area contributed by atoms with E-state index in [0.29, 0.717) is 22.5 Å². The molecule has 0 radical (unpaired) electrons. The summed E-state index contributed by atoms with van der Waals surface area (Å²) in [6.07, 6.45) is 11.0. The Hall–Kier alpha value is -0.0400. The zero-order valence-electron chi connectivity index (χ0n) is 13.5. The lowest BCUT2D eigenvalue weighted by Gasteiger charge is -2.60. The Morgan fingerprint density at radius 2 is 1.81 bits per heavy atom. The number of alkyl halides is 1. The number of hydrogen-bond acceptors (Lipinski definition) is 1. The van der Waals surface area contributed by atoms with Crippen molar-refractivity contribution in [2.45, 2.75) is 77.0 Å². The van der Waals surface area contributed by atoms with Crippen molar-refractivity contribution in [3.8, 4) is 0 Å². The highest BCUT2D eigenvalue weighted by atomic mass is 35.5. The number of carbonyl (C=O) groups excluding carboxylic acids is 1. The Bertz CT molecular complexity index is 460. The van der Waals surface area contributed by atoms with Crippen LogP contribution in [0.3, 0.4) is 0 Å². The highest BCUT2D eigenvalue weighted by Gasteiger charge is 2.60. The monoisotopic (exact) mass is 308 g/mol. The van der Waals surface area contributed by atoms with Crippen LogP contribution in [0.5, 0.6) is 0 Å². The minimum absolute atomic E-state index is 0.0358. The summed E-state index contributed by atoms with van der Waals surface area (Å²) in [6, 6.07) is 0. The molecule has 0 aromatic carbocycles. The fourth-order valence-electron chi connectivity index (χ4n) is 6.98. The van der Waals surface area contributed by atoms with Crippen LogP contribution in [0, 0.1) is 34.5 Å². The molecule has 118 valence electrons. The van der Waals surface area contributed by atoms with Gasteiger partial charge < -0.3 is 0 Å². The van der Waals surface area contributed by atoms with Crippen LogP contribution in [0.4, 0.5) is 0 Å². The van der Waals surface area contributed by atoms with Crippen LogP contribution in [0.25, 0.3) is 0 Å². The standard InChI is InChI=1S/C19H29ClO/c1-18-9-7-13(20)11-12(18)3-4-14-15-5-6-17(21)19(15,2)10-8-16(14)18/h12-16H,3-11H2,1-2H3/t12-,13-,14-,15+,16+,18-,19-/m0/s1. The van der Waals surface area contributed by atoms with Gasteiger partial charge in [0, 0.05) is 17.2 Å². The summed E-state index contributed by atoms with van der Waals surface area (Å²) in [4.78, 5) is 12.4. The Morgan fingerprint density at radius 1 is 1.00 bits per heavy atom. The molecule has 0 saturated heterocycles. The second kappa shape index (κ2) is 4.73. The number of fused-ring (bicyclic) bond motifs is 5. The molecule has 4 rings (SSSR count). The molecule has 4 fully saturated rings. The van der Waals surface area contributed by atoms with Crippen molar-refractivity contribution in [3.05, 3.63) is 0 Å². The molecule has 21 heavy (non-hydrogen) atoms. The van der Waals surface area contributed by atoms with Crippen LogP contribution in [0.1, 0.15) is 71.6 Å². The van der Waals surface area contributed by atoms with Crippen LogP contribution >= 0.6 is 11.6 Å². The molecule has 0 amide bonds. The summed E-state index contributed by atoms with van der Waals surface area (Å²) in [6.45, 7) is 4.85. The van der Waals surface area contributed by atoms with Gasteiger partial charge in [-0.05, 0) is 80.5 Å². The van der Waals surface area contributed by atoms with Crippen molar-refractivity contribution in [1.29, 1.82) is 0 Å². The quantitative estimate of drug-likeness (QED) is 0.562. The van der Waals surface area contributed by atoms with Gasteiger partial charge in [-0.3, -0.25) is 4.79 Å². The van der Waals surface area contributed by atoms with E-state index in [4.69, 9.17) is 11.6 Å². The smallest absolute Gasteiger partial charge is 0.139 e. The summed E-state index contributed by atoms with van der Waals surface area (Å²) in [5.41, 5.74) is 0.551. The Labute approximate surface area is 134 Å². The molecule has 0 aromatic heterocycles. The molecule has 7 atom stereocenters. The maximum absolute atomic E-state index is 12.4. The van der Waals surface area contributed by atoms with Gasteiger partial charge in [-0.1, -0.05) is 13.8 Å². The van der Waals surface area contributed by atoms with Gasteiger partial charge in [-0.25, -0.2) is 0 Å². The van der Waals surface area contributed by atoms with Gasteiger partial charge in [0.1, 0.15) is 5.78 Å². The molecule has 0 heterocycles. The van der Waals surface area contributed by atoms with Crippen LogP contribution in [0.15, 0.2) is 0 Å². The van der Waals surface area contributed by atoms with E-state index in [2.05, 4.69) is 13.8 Å². The normalized spacial score (nSPS) is 56.5. The minimum atomic E-state index is 0.0358. The zero-order valence-corrected chi connectivity index (χ0v) is 14.3. The fourth-order valence-corrected chi connectivity index (χ4v) is 7.30. The second-order valence-corrected chi connectivity index (χ2v) is 9.56. The third kappa shape index (κ3) is 1.92. The Kier molecular flexibility index (Phi) is 3.27. The first-order valence-corrected chi connectivity index (χ1v) is 9.56. The van der Waals surface area contributed by atoms with Gasteiger partial charge in [0.2, 0.25) is 0 Å². The van der Waals surface area contributed by atoms with Crippen molar-refractivity contribution in [2.24, 2.45) is 34.5 Å². The molecule has 0 spiro atoms. The van der Waals surface area contributed by atoms with Gasteiger partial charge in [-0.15, -0.1) is 11.6 Å². The van der Waals surface area contributed by atoms with E-state index in [1.54, 1.807) is 0 Å². The molecule has 0 N–H and O–H groups in total. The maximum Gasteiger partial charge on any atom is 0.139 e. The lowest BCUT2D eigenvalue weighted by molar-refractivity contribution is -0.138. The predicted molar refractivity (Wildman–Crippen MR) is 86.4 cm³/mol. The number of ketones is 1. The molecule has 4 aliphatic rings. The minimum Gasteiger partial charge on any atom is -0.299 e. The molecule has 2 heteroatoms. The van der Waals surface area contributed by atoms with E-state index in [-0.39, 0.29) is 5.41 Å². The van der Waals surface area contributed by atoms with E-state index < -0.39 is 0 Å². The number of hydrogen-bond donors (Lipinski definition) is 0. The van der Waals surface area contributed by atoms with Crippen molar-refractivity contribution >= 4 is 17.4 Å². The molecule has 0 bridgehead atoms. The third-order valence-corrected chi connectivity index (χ3v) is 8.71. The summed E-state index contributed by atoms with van der Waals surface area (Å²) in [7, 11) is 0. The molecule has 0 aliphatic heterocycles. The van der Waals surface area contributed by atoms with E-state index in [1.165, 1.54) is 44.9 Å². The Balaban J connectivity index is 1.64. The molecule has 1 nitrogen and oxygen atoms in total. The molecule has 0 unspecified atom stereocenters. The SMILES string of the molecule is C[C@]12CC[C@H](Cl)C[C@@H]1CC[C@@H]1[C@H]2CC[C@]2(C)C(=O)CC[C@H]12. The van der Waals surface area contributed by atoms with Crippen LogP contribution < -0.4 is 0 Å². The third-order valence-electron chi connectivity index (χ3n) is 8.31. The van der Waals surface area contributed by atoms with Crippen molar-refractivity contribution in [2.75, 3.05) is 0 Å². The first kappa shape index (κ1) is 14.5. The lowest BCUT2D eigenvalue weighted by atomic mass is 9.45. The average Bonchev–Trinajstić information content (AvgIpc) is 2.76. The predicted octanol–water partition coefficient (Wildman–Crippen LogP) is 5.21. The van der Waals surface area contributed by atoms with Crippen LogP contribution in [-0.2, 0) is 4.79 Å². The van der Waals surface area contributed by atoms with Crippen molar-refractivity contribution < 1.29 is 4.79 Å². The number of Topliss-reactive ketones (excluding diaryl/α,β-unsaturated/α-hetero) is 1. The van der Waals surface area contributed by atoms with Crippen molar-refractivity contribution in [1.82, 2.24) is 0 Å². The summed E-state index contributed by atoms with van der Waals surface area (Å²) in [5, 5.41) is 0.418. The topological polar surface area (TPSA) is 17.1 Å². The van der Waals surface area contributed by atoms with Gasteiger partial charge in [0.05, 0.1) is 0 Å². The second-order valence-electron chi connectivity index (χ2n) is 8.95. The summed E-state index contributed by atoms with van der Waals surface area (Å²) >= 11 is 6.46. The average molecular weight is 309 g/mol. The fraction of sp³-hybridized carbons (Fsp3) is 0.947. The molecule has 4 aliphatic carbocycles. The zero-order chi connectivity index (χ0) is 14.8. The highest BCUT2D eigenvalue weighted by molar-refractivity contribution is 6.20. The lowest BCUT2D eigenvalue weighted by Crippen LogP contribution is -2.53. The molecule has 4 saturated carbocycles. The van der Waals surface area contributed by atoms with Crippen LogP contribution in [-0.4, -0.2) is 11.2 Å². The van der Waals surface area contributed by atoms with Gasteiger partial charge in [-0.2, -0.15) is 0 Å². The summed E-state index contributed by atoms with van der Waals surface area (Å²) < 4.78 is 0. The van der Waals surface area contributed by atoms with Gasteiger partial charge in [0.25, 0.3) is 0 Å². The van der Waals surface area contributed by atoms with Gasteiger partial charge >= 0.3 is 0 Å². The van der Waals surface area contributed by atoms with E-state index in [1.807, 2.05) is 0 Å². The van der Waals surface area contributed by atoms with E-state index in [0.717, 1.165) is 30.6 Å². The maximum atomic E-state index is 12.4. The first-order chi connectivity index (χ1) is 9.95. The molecular formula is C19H29ClO. The Morgan fingerprint density at radius 3 is 2.62 bits per heavy atom. The largest absolute Gasteiger partial charge is 0.299 e. The number of carbonyl (C=O) groups is 1. The first-order valence-electron chi connectivity index (χ1n) is 9.12. The molecule has 0 aromatic rings. The number of halogens is 1. The van der Waals surface area contributed by atoms with Crippen molar-refractivity contribution in [3.63, 3.8) is 0 Å². The number of rotatable bonds is 0. The van der Waals surface area contributed by atoms with Gasteiger partial charge in [0.15, 0.2) is 0 Å². The van der Waals surface area contributed by atoms with E-state index in [9.17, 15) is 4.79 Å². The van der Waals surface area contributed by atoms with Crippen LogP contribution in [0.2, 0.25) is 0 Å². The summed E-state index contributed by atoms with van der Waals surface area (Å²) in [5.74, 6) is 3.79. The molecular weight excluding hydrogens is 280 g/mol.